The van der Waals surface area contributed by atoms with Gasteiger partial charge in [0.1, 0.15) is 12.1 Å². The van der Waals surface area contributed by atoms with E-state index in [-0.39, 0.29) is 30.0 Å². The molecule has 0 aliphatic heterocycles. The van der Waals surface area contributed by atoms with Crippen LogP contribution in [-0.4, -0.2) is 49.8 Å². The van der Waals surface area contributed by atoms with Gasteiger partial charge in [-0.2, -0.15) is 0 Å². The van der Waals surface area contributed by atoms with Crippen molar-refractivity contribution in [2.45, 2.75) is 71.9 Å². The summed E-state index contributed by atoms with van der Waals surface area (Å²) >= 11 is 0. The predicted octanol–water partition coefficient (Wildman–Crippen LogP) is 3.51. The van der Waals surface area contributed by atoms with Gasteiger partial charge >= 0.3 is 6.09 Å². The van der Waals surface area contributed by atoms with Gasteiger partial charge in [-0.25, -0.2) is 18.6 Å². The summed E-state index contributed by atoms with van der Waals surface area (Å²) in [6.07, 6.45) is -0.266. The molecule has 3 N–H and O–H groups in total. The SMILES string of the molecule is CCCCC(CNC(=O)OC(C)(C)C)NC(=NCC(F)F)NCC.I. The number of rotatable bonds is 9. The van der Waals surface area contributed by atoms with Gasteiger partial charge in [0.15, 0.2) is 5.96 Å². The predicted molar refractivity (Wildman–Crippen MR) is 108 cm³/mol. The summed E-state index contributed by atoms with van der Waals surface area (Å²) in [4.78, 5) is 15.6. The van der Waals surface area contributed by atoms with Crippen molar-refractivity contribution in [1.29, 1.82) is 0 Å². The number of alkyl halides is 2. The van der Waals surface area contributed by atoms with Crippen molar-refractivity contribution in [3.8, 4) is 0 Å². The second-order valence-corrected chi connectivity index (χ2v) is 6.48. The molecule has 0 radical (unpaired) electrons. The van der Waals surface area contributed by atoms with E-state index in [4.69, 9.17) is 4.74 Å². The molecule has 0 aliphatic rings. The fourth-order valence-electron chi connectivity index (χ4n) is 1.87. The third-order valence-corrected chi connectivity index (χ3v) is 2.87. The maximum absolute atomic E-state index is 12.4. The molecule has 0 aromatic heterocycles. The van der Waals surface area contributed by atoms with Crippen LogP contribution in [0.3, 0.4) is 0 Å². The summed E-state index contributed by atoms with van der Waals surface area (Å²) in [7, 11) is 0. The Balaban J connectivity index is 0. The van der Waals surface area contributed by atoms with Gasteiger partial charge in [-0.3, -0.25) is 0 Å². The number of halogens is 3. The zero-order valence-electron chi connectivity index (χ0n) is 15.8. The summed E-state index contributed by atoms with van der Waals surface area (Å²) in [6.45, 7) is 9.63. The Hall–Kier alpha value is -0.870. The minimum absolute atomic E-state index is 0. The maximum Gasteiger partial charge on any atom is 0.407 e. The molecule has 0 heterocycles. The highest BCUT2D eigenvalue weighted by atomic mass is 127. The van der Waals surface area contributed by atoms with Crippen LogP contribution in [0.5, 0.6) is 0 Å². The lowest BCUT2D eigenvalue weighted by Crippen LogP contribution is -2.49. The summed E-state index contributed by atoms with van der Waals surface area (Å²) < 4.78 is 29.9. The van der Waals surface area contributed by atoms with Gasteiger partial charge in [0, 0.05) is 19.1 Å². The van der Waals surface area contributed by atoms with Crippen LogP contribution in [0.25, 0.3) is 0 Å². The molecule has 9 heteroatoms. The number of unbranched alkanes of at least 4 members (excludes halogenated alkanes) is 1. The molecule has 0 rings (SSSR count). The van der Waals surface area contributed by atoms with Gasteiger partial charge < -0.3 is 20.7 Å². The van der Waals surface area contributed by atoms with Crippen LogP contribution in [0, 0.1) is 0 Å². The van der Waals surface area contributed by atoms with E-state index in [0.717, 1.165) is 19.3 Å². The molecule has 150 valence electrons. The van der Waals surface area contributed by atoms with Crippen LogP contribution in [0.2, 0.25) is 0 Å². The van der Waals surface area contributed by atoms with E-state index in [1.807, 2.05) is 6.92 Å². The lowest BCUT2D eigenvalue weighted by Gasteiger charge is -2.24. The van der Waals surface area contributed by atoms with Gasteiger partial charge in [0.25, 0.3) is 6.43 Å². The maximum atomic E-state index is 12.4. The summed E-state index contributed by atoms with van der Waals surface area (Å²) in [5, 5.41) is 8.74. The zero-order valence-corrected chi connectivity index (χ0v) is 18.2. The fourth-order valence-corrected chi connectivity index (χ4v) is 1.87. The summed E-state index contributed by atoms with van der Waals surface area (Å²) in [6, 6.07) is -0.118. The largest absolute Gasteiger partial charge is 0.444 e. The quantitative estimate of drug-likeness (QED) is 0.270. The first kappa shape index (κ1) is 26.4. The van der Waals surface area contributed by atoms with E-state index in [1.165, 1.54) is 0 Å². The van der Waals surface area contributed by atoms with Crippen molar-refractivity contribution in [1.82, 2.24) is 16.0 Å². The molecule has 0 fully saturated rings. The normalized spacial score (nSPS) is 13.0. The van der Waals surface area contributed by atoms with Crippen molar-refractivity contribution >= 4 is 36.0 Å². The first-order valence-electron chi connectivity index (χ1n) is 8.47. The fraction of sp³-hybridized carbons (Fsp3) is 0.875. The monoisotopic (exact) mass is 478 g/mol. The van der Waals surface area contributed by atoms with Crippen molar-refractivity contribution in [2.24, 2.45) is 4.99 Å². The number of ether oxygens (including phenoxy) is 1. The Labute approximate surface area is 167 Å². The van der Waals surface area contributed by atoms with Crippen LogP contribution >= 0.6 is 24.0 Å². The molecule has 0 saturated carbocycles. The van der Waals surface area contributed by atoms with E-state index in [0.29, 0.717) is 19.0 Å². The van der Waals surface area contributed by atoms with E-state index in [2.05, 4.69) is 27.9 Å². The number of alkyl carbamates (subject to hydrolysis) is 1. The van der Waals surface area contributed by atoms with E-state index in [9.17, 15) is 13.6 Å². The highest BCUT2D eigenvalue weighted by Gasteiger charge is 2.18. The standard InChI is InChI=1S/C16H32F2N4O2.HI/c1-6-8-9-12(10-21-15(23)24-16(3,4)5)22-14(19-7-2)20-11-13(17)18;/h12-13H,6-11H2,1-5H3,(H,21,23)(H2,19,20,22);1H. The molecule has 1 unspecified atom stereocenters. The number of hydrogen-bond donors (Lipinski definition) is 3. The summed E-state index contributed by atoms with van der Waals surface area (Å²) in [5.74, 6) is 0.324. The first-order valence-corrected chi connectivity index (χ1v) is 8.47. The number of carbonyl (C=O) groups is 1. The molecule has 25 heavy (non-hydrogen) atoms. The van der Waals surface area contributed by atoms with Crippen LogP contribution in [0.15, 0.2) is 4.99 Å². The summed E-state index contributed by atoms with van der Waals surface area (Å²) in [5.41, 5.74) is -0.565. The Morgan fingerprint density at radius 1 is 1.20 bits per heavy atom. The number of aliphatic imine (C=N–C) groups is 1. The minimum Gasteiger partial charge on any atom is -0.444 e. The van der Waals surface area contributed by atoms with Crippen LogP contribution in [0.4, 0.5) is 13.6 Å². The van der Waals surface area contributed by atoms with Crippen molar-refractivity contribution in [3.05, 3.63) is 0 Å². The lowest BCUT2D eigenvalue weighted by atomic mass is 10.1. The molecule has 0 aromatic rings. The molecule has 0 aliphatic carbocycles. The molecular weight excluding hydrogens is 445 g/mol. The Morgan fingerprint density at radius 2 is 1.84 bits per heavy atom. The third-order valence-electron chi connectivity index (χ3n) is 2.87. The zero-order chi connectivity index (χ0) is 18.6. The van der Waals surface area contributed by atoms with E-state index >= 15 is 0 Å². The molecule has 0 saturated heterocycles. The average molecular weight is 478 g/mol. The molecule has 0 bridgehead atoms. The number of guanidine groups is 1. The van der Waals surface area contributed by atoms with Gasteiger partial charge in [-0.1, -0.05) is 19.8 Å². The molecular formula is C16H33F2IN4O2. The molecule has 1 atom stereocenters. The molecule has 6 nitrogen and oxygen atoms in total. The molecule has 0 spiro atoms. The van der Waals surface area contributed by atoms with Gasteiger partial charge in [0.05, 0.1) is 0 Å². The second kappa shape index (κ2) is 14.3. The molecule has 0 aromatic carbocycles. The van der Waals surface area contributed by atoms with Crippen LogP contribution < -0.4 is 16.0 Å². The van der Waals surface area contributed by atoms with Crippen LogP contribution in [0.1, 0.15) is 53.9 Å². The third kappa shape index (κ3) is 16.4. The number of nitrogens with zero attached hydrogens (tertiary/aromatic N) is 1. The number of carbonyl (C=O) groups excluding carboxylic acids is 1. The Kier molecular flexibility index (Phi) is 15.1. The van der Waals surface area contributed by atoms with Crippen molar-refractivity contribution in [2.75, 3.05) is 19.6 Å². The first-order chi connectivity index (χ1) is 11.2. The number of hydrogen-bond acceptors (Lipinski definition) is 3. The van der Waals surface area contributed by atoms with Crippen LogP contribution in [-0.2, 0) is 4.74 Å². The van der Waals surface area contributed by atoms with E-state index < -0.39 is 24.7 Å². The Morgan fingerprint density at radius 3 is 2.32 bits per heavy atom. The number of amides is 1. The highest BCUT2D eigenvalue weighted by molar-refractivity contribution is 14.0. The minimum atomic E-state index is -2.49. The van der Waals surface area contributed by atoms with Crippen molar-refractivity contribution in [3.63, 3.8) is 0 Å². The Bertz CT molecular complexity index is 391. The topological polar surface area (TPSA) is 74.8 Å². The average Bonchev–Trinajstić information content (AvgIpc) is 2.45. The number of nitrogens with one attached hydrogen (secondary N) is 3. The smallest absolute Gasteiger partial charge is 0.407 e. The highest BCUT2D eigenvalue weighted by Crippen LogP contribution is 2.07. The van der Waals surface area contributed by atoms with Crippen molar-refractivity contribution < 1.29 is 18.3 Å². The van der Waals surface area contributed by atoms with Gasteiger partial charge in [-0.05, 0) is 34.1 Å². The lowest BCUT2D eigenvalue weighted by molar-refractivity contribution is 0.0522. The van der Waals surface area contributed by atoms with E-state index in [1.54, 1.807) is 20.8 Å². The second-order valence-electron chi connectivity index (χ2n) is 6.48. The van der Waals surface area contributed by atoms with Gasteiger partial charge in [0.2, 0.25) is 0 Å². The molecule has 1 amide bonds. The van der Waals surface area contributed by atoms with Gasteiger partial charge in [-0.15, -0.1) is 24.0 Å².